The smallest absolute Gasteiger partial charge is 0.230 e. The summed E-state index contributed by atoms with van der Waals surface area (Å²) < 4.78 is 0. The lowest BCUT2D eigenvalue weighted by Crippen LogP contribution is -2.52. The number of piperazine rings is 1. The molecule has 3 rings (SSSR count). The average Bonchev–Trinajstić information content (AvgIpc) is 3.35. The van der Waals surface area contributed by atoms with Gasteiger partial charge in [0.15, 0.2) is 0 Å². The van der Waals surface area contributed by atoms with Gasteiger partial charge in [0.05, 0.1) is 5.41 Å². The number of hydrogen-bond acceptors (Lipinski definition) is 3. The second-order valence-electron chi connectivity index (χ2n) is 7.35. The predicted molar refractivity (Wildman–Crippen MR) is 93.6 cm³/mol. The molecule has 1 aromatic rings. The molecular formula is C19H29N3O. The Morgan fingerprint density at radius 1 is 1.26 bits per heavy atom. The van der Waals surface area contributed by atoms with Crippen LogP contribution in [0.15, 0.2) is 24.3 Å². The van der Waals surface area contributed by atoms with Crippen molar-refractivity contribution >= 4 is 5.91 Å². The summed E-state index contributed by atoms with van der Waals surface area (Å²) in [4.78, 5) is 17.6. The topological polar surface area (TPSA) is 35.6 Å². The summed E-state index contributed by atoms with van der Waals surface area (Å²) in [6.45, 7) is 9.48. The molecule has 0 unspecified atom stereocenters. The molecule has 1 N–H and O–H groups in total. The molecule has 1 saturated carbocycles. The highest BCUT2D eigenvalue weighted by Crippen LogP contribution is 2.48. The third kappa shape index (κ3) is 3.59. The van der Waals surface area contributed by atoms with E-state index in [0.717, 1.165) is 45.6 Å². The third-order valence-corrected chi connectivity index (χ3v) is 5.47. The van der Waals surface area contributed by atoms with Gasteiger partial charge in [0.2, 0.25) is 5.91 Å². The molecule has 0 aromatic heterocycles. The Balaban J connectivity index is 1.55. The molecule has 1 atom stereocenters. The standard InChI is InChI=1S/C19H29N3O/c1-15-5-4-6-17(13-15)19(7-8-19)18(23)20-14-16(2)22-11-9-21(3)10-12-22/h4-6,13,16H,7-12,14H2,1-3H3,(H,20,23)/t16-/m1/s1. The third-order valence-electron chi connectivity index (χ3n) is 5.47. The minimum absolute atomic E-state index is 0.212. The molecule has 4 heteroatoms. The van der Waals surface area contributed by atoms with Gasteiger partial charge in [-0.15, -0.1) is 0 Å². The number of likely N-dealkylation sites (N-methyl/N-ethyl adjacent to an activating group) is 1. The normalized spacial score (nSPS) is 22.6. The Labute approximate surface area is 139 Å². The van der Waals surface area contributed by atoms with E-state index in [1.165, 1.54) is 11.1 Å². The van der Waals surface area contributed by atoms with Crippen molar-refractivity contribution in [2.75, 3.05) is 39.8 Å². The zero-order chi connectivity index (χ0) is 16.4. The van der Waals surface area contributed by atoms with Crippen molar-refractivity contribution in [1.82, 2.24) is 15.1 Å². The van der Waals surface area contributed by atoms with Crippen LogP contribution in [-0.4, -0.2) is 61.5 Å². The zero-order valence-electron chi connectivity index (χ0n) is 14.6. The van der Waals surface area contributed by atoms with Gasteiger partial charge in [0, 0.05) is 38.8 Å². The molecule has 23 heavy (non-hydrogen) atoms. The van der Waals surface area contributed by atoms with Crippen LogP contribution in [0.25, 0.3) is 0 Å². The fourth-order valence-corrected chi connectivity index (χ4v) is 3.52. The zero-order valence-corrected chi connectivity index (χ0v) is 14.6. The van der Waals surface area contributed by atoms with Crippen LogP contribution < -0.4 is 5.32 Å². The SMILES string of the molecule is Cc1cccc(C2(C(=O)NC[C@@H](C)N3CCN(C)CC3)CC2)c1. The van der Waals surface area contributed by atoms with Crippen molar-refractivity contribution in [3.05, 3.63) is 35.4 Å². The summed E-state index contributed by atoms with van der Waals surface area (Å²) >= 11 is 0. The summed E-state index contributed by atoms with van der Waals surface area (Å²) in [6, 6.07) is 8.82. The van der Waals surface area contributed by atoms with E-state index in [1.807, 2.05) is 0 Å². The van der Waals surface area contributed by atoms with Gasteiger partial charge in [0.1, 0.15) is 0 Å². The van der Waals surface area contributed by atoms with Gasteiger partial charge in [-0.2, -0.15) is 0 Å². The first kappa shape index (κ1) is 16.5. The van der Waals surface area contributed by atoms with E-state index >= 15 is 0 Å². The highest BCUT2D eigenvalue weighted by Gasteiger charge is 2.51. The monoisotopic (exact) mass is 315 g/mol. The molecule has 2 aliphatic rings. The molecule has 2 fully saturated rings. The number of rotatable bonds is 5. The maximum Gasteiger partial charge on any atom is 0.230 e. The molecule has 1 aliphatic carbocycles. The molecule has 1 aromatic carbocycles. The lowest BCUT2D eigenvalue weighted by atomic mass is 9.93. The van der Waals surface area contributed by atoms with Gasteiger partial charge in [-0.05, 0) is 39.3 Å². The van der Waals surface area contributed by atoms with Gasteiger partial charge in [0.25, 0.3) is 0 Å². The van der Waals surface area contributed by atoms with Gasteiger partial charge < -0.3 is 10.2 Å². The summed E-state index contributed by atoms with van der Waals surface area (Å²) in [6.07, 6.45) is 1.95. The van der Waals surface area contributed by atoms with Crippen molar-refractivity contribution < 1.29 is 4.79 Å². The lowest BCUT2D eigenvalue weighted by molar-refractivity contribution is -0.123. The van der Waals surface area contributed by atoms with Gasteiger partial charge >= 0.3 is 0 Å². The van der Waals surface area contributed by atoms with E-state index in [4.69, 9.17) is 0 Å². The van der Waals surface area contributed by atoms with Crippen molar-refractivity contribution in [3.8, 4) is 0 Å². The van der Waals surface area contributed by atoms with Gasteiger partial charge in [-0.25, -0.2) is 0 Å². The van der Waals surface area contributed by atoms with Crippen LogP contribution >= 0.6 is 0 Å². The highest BCUT2D eigenvalue weighted by molar-refractivity contribution is 5.91. The molecule has 1 saturated heterocycles. The molecule has 4 nitrogen and oxygen atoms in total. The van der Waals surface area contributed by atoms with Crippen LogP contribution in [0.3, 0.4) is 0 Å². The first-order valence-electron chi connectivity index (χ1n) is 8.79. The van der Waals surface area contributed by atoms with Gasteiger partial charge in [-0.3, -0.25) is 9.69 Å². The number of nitrogens with zero attached hydrogens (tertiary/aromatic N) is 2. The fourth-order valence-electron chi connectivity index (χ4n) is 3.52. The van der Waals surface area contributed by atoms with Crippen LogP contribution in [0.1, 0.15) is 30.9 Å². The maximum atomic E-state index is 12.7. The average molecular weight is 315 g/mol. The van der Waals surface area contributed by atoms with Crippen molar-refractivity contribution in [1.29, 1.82) is 0 Å². The first-order chi connectivity index (χ1) is 11.0. The Morgan fingerprint density at radius 2 is 1.96 bits per heavy atom. The van der Waals surface area contributed by atoms with E-state index in [9.17, 15) is 4.79 Å². The number of carbonyl (C=O) groups is 1. The maximum absolute atomic E-state index is 12.7. The molecule has 0 bridgehead atoms. The van der Waals surface area contributed by atoms with E-state index in [-0.39, 0.29) is 11.3 Å². The number of aryl methyl sites for hydroxylation is 1. The number of hydrogen-bond donors (Lipinski definition) is 1. The van der Waals surface area contributed by atoms with E-state index in [1.54, 1.807) is 0 Å². The molecule has 0 spiro atoms. The Bertz CT molecular complexity index is 559. The molecule has 1 aliphatic heterocycles. The van der Waals surface area contributed by atoms with E-state index < -0.39 is 0 Å². The van der Waals surface area contributed by atoms with Crippen molar-refractivity contribution in [2.45, 2.75) is 38.1 Å². The number of amides is 1. The lowest BCUT2D eigenvalue weighted by Gasteiger charge is -2.36. The summed E-state index contributed by atoms with van der Waals surface area (Å²) in [5, 5.41) is 3.22. The molecule has 1 heterocycles. The largest absolute Gasteiger partial charge is 0.354 e. The van der Waals surface area contributed by atoms with E-state index in [0.29, 0.717) is 6.04 Å². The highest BCUT2D eigenvalue weighted by atomic mass is 16.2. The Hall–Kier alpha value is -1.39. The number of nitrogens with one attached hydrogen (secondary N) is 1. The number of benzene rings is 1. The van der Waals surface area contributed by atoms with E-state index in [2.05, 4.69) is 60.3 Å². The molecule has 126 valence electrons. The molecular weight excluding hydrogens is 286 g/mol. The van der Waals surface area contributed by atoms with Crippen LogP contribution in [0.2, 0.25) is 0 Å². The van der Waals surface area contributed by atoms with Crippen LogP contribution in [0, 0.1) is 6.92 Å². The minimum atomic E-state index is -0.256. The van der Waals surface area contributed by atoms with Crippen LogP contribution in [-0.2, 0) is 10.2 Å². The Morgan fingerprint density at radius 3 is 2.57 bits per heavy atom. The molecule has 0 radical (unpaired) electrons. The summed E-state index contributed by atoms with van der Waals surface area (Å²) in [5.41, 5.74) is 2.16. The van der Waals surface area contributed by atoms with Crippen molar-refractivity contribution in [2.24, 2.45) is 0 Å². The second kappa shape index (κ2) is 6.62. The van der Waals surface area contributed by atoms with Crippen LogP contribution in [0.4, 0.5) is 0 Å². The van der Waals surface area contributed by atoms with Gasteiger partial charge in [-0.1, -0.05) is 29.8 Å². The predicted octanol–water partition coefficient (Wildman–Crippen LogP) is 1.78. The first-order valence-corrected chi connectivity index (χ1v) is 8.79. The quantitative estimate of drug-likeness (QED) is 0.900. The second-order valence-corrected chi connectivity index (χ2v) is 7.35. The summed E-state index contributed by atoms with van der Waals surface area (Å²) in [7, 11) is 2.17. The minimum Gasteiger partial charge on any atom is -0.354 e. The molecule has 1 amide bonds. The Kier molecular flexibility index (Phi) is 4.74. The number of carbonyl (C=O) groups excluding carboxylic acids is 1. The van der Waals surface area contributed by atoms with Crippen molar-refractivity contribution in [3.63, 3.8) is 0 Å². The summed E-state index contributed by atoms with van der Waals surface area (Å²) in [5.74, 6) is 0.212. The fraction of sp³-hybridized carbons (Fsp3) is 0.632. The van der Waals surface area contributed by atoms with Crippen LogP contribution in [0.5, 0.6) is 0 Å².